The number of rotatable bonds is 15. The van der Waals surface area contributed by atoms with Crippen molar-refractivity contribution in [3.63, 3.8) is 0 Å². The Bertz CT molecular complexity index is 1580. The highest BCUT2D eigenvalue weighted by Gasteiger charge is 2.31. The van der Waals surface area contributed by atoms with Crippen LogP contribution in [0.1, 0.15) is 75.7 Å². The Labute approximate surface area is 269 Å². The highest BCUT2D eigenvalue weighted by atomic mass is 16.5. The van der Waals surface area contributed by atoms with Crippen LogP contribution in [0.2, 0.25) is 0 Å². The number of carbonyl (C=O) groups is 1. The fraction of sp³-hybridized carbons (Fsp3) is 0.514. The zero-order chi connectivity index (χ0) is 33.1. The van der Waals surface area contributed by atoms with Crippen molar-refractivity contribution in [3.05, 3.63) is 53.1 Å². The van der Waals surface area contributed by atoms with Gasteiger partial charge in [0.15, 0.2) is 0 Å². The third-order valence-electron chi connectivity index (χ3n) is 9.00. The van der Waals surface area contributed by atoms with Gasteiger partial charge in [0.25, 0.3) is 5.91 Å². The first-order valence-electron chi connectivity index (χ1n) is 16.0. The third kappa shape index (κ3) is 8.69. The lowest BCUT2D eigenvalue weighted by Gasteiger charge is -2.32. The van der Waals surface area contributed by atoms with Crippen LogP contribution in [-0.2, 0) is 19.2 Å². The predicted molar refractivity (Wildman–Crippen MR) is 175 cm³/mol. The lowest BCUT2D eigenvalue weighted by Crippen LogP contribution is -2.49. The van der Waals surface area contributed by atoms with E-state index in [2.05, 4.69) is 26.3 Å². The highest BCUT2D eigenvalue weighted by Crippen LogP contribution is 2.30. The standard InChI is InChI=1S/C35H43N5O6/c1-22(2)34(40-35(45)30-18-25-17-27(46-3)9-10-28(25)38-30)33(21-44)39-29(15-23-7-5-4-6-8-23)32(20-43)37-26(12-14-41)16-24-11-13-36-31(24)19-42/h9-10,12,17-18,22-24,26,29,34,36-39H,4-8,11,13,15-16H2,1-3H3,(H,40,45)/t24-,26?,29?,34?/m0/s1. The molecule has 46 heavy (non-hydrogen) atoms. The number of H-pyrrole nitrogens is 1. The van der Waals surface area contributed by atoms with Crippen molar-refractivity contribution in [3.8, 4) is 5.75 Å². The maximum atomic E-state index is 13.4. The molecule has 0 radical (unpaired) electrons. The summed E-state index contributed by atoms with van der Waals surface area (Å²) in [4.78, 5) is 64.4. The van der Waals surface area contributed by atoms with Gasteiger partial charge >= 0.3 is 0 Å². The summed E-state index contributed by atoms with van der Waals surface area (Å²) in [6.45, 7) is 4.38. The largest absolute Gasteiger partial charge is 0.497 e. The van der Waals surface area contributed by atoms with Crippen LogP contribution >= 0.6 is 0 Å². The number of carbonyl (C=O) groups excluding carboxylic acids is 5. The van der Waals surface area contributed by atoms with Crippen molar-refractivity contribution in [2.45, 2.75) is 83.3 Å². The average molecular weight is 630 g/mol. The number of ether oxygens (including phenoxy) is 1. The summed E-state index contributed by atoms with van der Waals surface area (Å²) in [5.74, 6) is 7.94. The van der Waals surface area contributed by atoms with Crippen LogP contribution in [0.4, 0.5) is 0 Å². The molecule has 244 valence electrons. The van der Waals surface area contributed by atoms with Gasteiger partial charge in [-0.15, -0.1) is 0 Å². The molecular weight excluding hydrogens is 586 g/mol. The minimum Gasteiger partial charge on any atom is -0.497 e. The van der Waals surface area contributed by atoms with Crippen LogP contribution in [0.25, 0.3) is 10.9 Å². The molecular formula is C35H43N5O6. The first kappa shape index (κ1) is 34.1. The number of aromatic amines is 1. The zero-order valence-corrected chi connectivity index (χ0v) is 26.7. The van der Waals surface area contributed by atoms with Gasteiger partial charge in [-0.05, 0) is 55.4 Å². The quantitative estimate of drug-likeness (QED) is 0.186. The number of aromatic nitrogens is 1. The lowest BCUT2D eigenvalue weighted by atomic mass is 9.84. The number of hydrogen-bond acceptors (Lipinski definition) is 9. The molecule has 11 nitrogen and oxygen atoms in total. The van der Waals surface area contributed by atoms with E-state index in [-0.39, 0.29) is 23.2 Å². The zero-order valence-electron chi connectivity index (χ0n) is 26.7. The van der Waals surface area contributed by atoms with Crippen LogP contribution in [-0.4, -0.2) is 66.4 Å². The van der Waals surface area contributed by atoms with E-state index in [1.807, 2.05) is 49.7 Å². The number of fused-ring (bicyclic) bond motifs is 1. The van der Waals surface area contributed by atoms with E-state index >= 15 is 0 Å². The van der Waals surface area contributed by atoms with Gasteiger partial charge in [0, 0.05) is 29.4 Å². The van der Waals surface area contributed by atoms with Gasteiger partial charge in [0.05, 0.1) is 30.9 Å². The molecule has 1 aliphatic heterocycles. The van der Waals surface area contributed by atoms with Crippen molar-refractivity contribution in [1.29, 1.82) is 0 Å². The van der Waals surface area contributed by atoms with Gasteiger partial charge in [-0.3, -0.25) is 4.79 Å². The van der Waals surface area contributed by atoms with Crippen LogP contribution in [0.15, 0.2) is 47.4 Å². The summed E-state index contributed by atoms with van der Waals surface area (Å²) in [5, 5.41) is 13.2. The first-order chi connectivity index (χ1) is 22.3. The predicted octanol–water partition coefficient (Wildman–Crippen LogP) is 3.35. The van der Waals surface area contributed by atoms with E-state index in [4.69, 9.17) is 4.74 Å². The number of nitrogens with one attached hydrogen (secondary N) is 5. The number of amides is 1. The summed E-state index contributed by atoms with van der Waals surface area (Å²) < 4.78 is 5.29. The molecule has 0 spiro atoms. The molecule has 11 heteroatoms. The van der Waals surface area contributed by atoms with Gasteiger partial charge in [0.2, 0.25) is 0 Å². The number of benzene rings is 1. The van der Waals surface area contributed by atoms with Crippen molar-refractivity contribution in [2.24, 2.45) is 17.8 Å². The van der Waals surface area contributed by atoms with E-state index in [0.717, 1.165) is 43.0 Å². The van der Waals surface area contributed by atoms with E-state index in [1.54, 1.807) is 19.2 Å². The van der Waals surface area contributed by atoms with Crippen LogP contribution in [0.5, 0.6) is 5.75 Å². The maximum Gasteiger partial charge on any atom is 0.268 e. The Kier molecular flexibility index (Phi) is 12.2. The monoisotopic (exact) mass is 629 g/mol. The van der Waals surface area contributed by atoms with E-state index in [0.29, 0.717) is 48.9 Å². The van der Waals surface area contributed by atoms with Crippen LogP contribution in [0, 0.1) is 17.8 Å². The van der Waals surface area contributed by atoms with Crippen LogP contribution in [0.3, 0.4) is 0 Å². The second kappa shape index (κ2) is 16.5. The van der Waals surface area contributed by atoms with Crippen molar-refractivity contribution in [2.75, 3.05) is 13.7 Å². The Balaban J connectivity index is 1.57. The SMILES string of the molecule is COc1ccc2[nH]c(C(=O)NC(C(=C=O)NC(CC3CCCCC3)C(=C=O)NC(C=C=O)C[C@@H]3CCNC3=C=O)C(C)C)cc2c1. The Morgan fingerprint density at radius 1 is 0.978 bits per heavy atom. The minimum absolute atomic E-state index is 0.102. The van der Waals surface area contributed by atoms with Gasteiger partial charge in [-0.1, -0.05) is 46.0 Å². The van der Waals surface area contributed by atoms with E-state index in [9.17, 15) is 24.0 Å². The Morgan fingerprint density at radius 2 is 1.74 bits per heavy atom. The Hall–Kier alpha value is -4.77. The third-order valence-corrected chi connectivity index (χ3v) is 9.00. The average Bonchev–Trinajstić information content (AvgIpc) is 3.71. The Morgan fingerprint density at radius 3 is 2.39 bits per heavy atom. The highest BCUT2D eigenvalue weighted by molar-refractivity contribution is 5.98. The van der Waals surface area contributed by atoms with Gasteiger partial charge < -0.3 is 31.0 Å². The lowest BCUT2D eigenvalue weighted by molar-refractivity contribution is 0.0928. The van der Waals surface area contributed by atoms with Gasteiger partial charge in [0.1, 0.15) is 46.6 Å². The topological polar surface area (TPSA) is 158 Å². The molecule has 2 fully saturated rings. The summed E-state index contributed by atoms with van der Waals surface area (Å²) in [7, 11) is 1.57. The van der Waals surface area contributed by atoms with Crippen molar-refractivity contribution < 1.29 is 28.7 Å². The summed E-state index contributed by atoms with van der Waals surface area (Å²) >= 11 is 0. The fourth-order valence-electron chi connectivity index (χ4n) is 6.51. The maximum absolute atomic E-state index is 13.4. The summed E-state index contributed by atoms with van der Waals surface area (Å²) in [6.07, 6.45) is 8.16. The molecule has 5 N–H and O–H groups in total. The molecule has 1 aromatic heterocycles. The van der Waals surface area contributed by atoms with E-state index in [1.165, 1.54) is 6.08 Å². The molecule has 1 aromatic carbocycles. The molecule has 1 amide bonds. The van der Waals surface area contributed by atoms with Gasteiger partial charge in [-0.25, -0.2) is 19.2 Å². The smallest absolute Gasteiger partial charge is 0.268 e. The molecule has 1 saturated heterocycles. The van der Waals surface area contributed by atoms with E-state index < -0.39 is 24.0 Å². The number of hydrogen-bond donors (Lipinski definition) is 5. The second-order valence-corrected chi connectivity index (χ2v) is 12.5. The minimum atomic E-state index is -0.747. The summed E-state index contributed by atoms with van der Waals surface area (Å²) in [6, 6.07) is 5.14. The molecule has 0 bridgehead atoms. The first-order valence-corrected chi connectivity index (χ1v) is 16.0. The molecule has 1 aliphatic carbocycles. The second-order valence-electron chi connectivity index (χ2n) is 12.5. The van der Waals surface area contributed by atoms with Crippen molar-refractivity contribution in [1.82, 2.24) is 26.3 Å². The fourth-order valence-corrected chi connectivity index (χ4v) is 6.51. The number of methoxy groups -OCH3 is 1. The van der Waals surface area contributed by atoms with Gasteiger partial charge in [-0.2, -0.15) is 0 Å². The molecule has 4 rings (SSSR count). The summed E-state index contributed by atoms with van der Waals surface area (Å²) in [5.41, 5.74) is 1.77. The molecule has 3 unspecified atom stereocenters. The molecule has 4 atom stereocenters. The number of allylic oxidation sites excluding steroid dienone is 1. The molecule has 2 aromatic rings. The van der Waals surface area contributed by atoms with Crippen molar-refractivity contribution >= 4 is 40.6 Å². The van der Waals surface area contributed by atoms with Crippen LogP contribution < -0.4 is 26.0 Å². The molecule has 2 aliphatic rings. The molecule has 1 saturated carbocycles. The molecule has 2 heterocycles. The normalized spacial score (nSPS) is 18.2.